The lowest BCUT2D eigenvalue weighted by Crippen LogP contribution is -2.23. The number of rotatable bonds is 8. The molecule has 0 fully saturated rings. The molecular formula is C9H20N3O4PS3. The van der Waals surface area contributed by atoms with E-state index in [2.05, 4.69) is 5.32 Å². The van der Waals surface area contributed by atoms with E-state index in [-0.39, 0.29) is 17.7 Å². The Morgan fingerprint density at radius 2 is 2.00 bits per heavy atom. The first-order valence-electron chi connectivity index (χ1n) is 5.58. The van der Waals surface area contributed by atoms with Crippen molar-refractivity contribution < 1.29 is 18.6 Å². The van der Waals surface area contributed by atoms with Gasteiger partial charge in [-0.2, -0.15) is 4.08 Å². The molecule has 0 saturated carbocycles. The van der Waals surface area contributed by atoms with Gasteiger partial charge in [0.25, 0.3) is 6.64 Å². The summed E-state index contributed by atoms with van der Waals surface area (Å²) in [7, 11) is 6.88. The van der Waals surface area contributed by atoms with Gasteiger partial charge < -0.3 is 19.1 Å². The molecular weight excluding hydrogens is 341 g/mol. The highest BCUT2D eigenvalue weighted by Crippen LogP contribution is 2.58. The molecule has 118 valence electrons. The molecule has 0 atom stereocenters. The molecule has 0 bridgehead atoms. The van der Waals surface area contributed by atoms with E-state index in [1.807, 2.05) is 13.8 Å². The van der Waals surface area contributed by atoms with E-state index < -0.39 is 12.7 Å². The molecule has 0 rings (SSSR count). The maximum atomic E-state index is 10.9. The normalized spacial score (nSPS) is 11.8. The van der Waals surface area contributed by atoms with Gasteiger partial charge in [0.05, 0.1) is 0 Å². The van der Waals surface area contributed by atoms with Crippen LogP contribution in [0.2, 0.25) is 0 Å². The largest absolute Gasteiger partial charge is 0.442 e. The zero-order valence-corrected chi connectivity index (χ0v) is 15.4. The minimum absolute atomic E-state index is 0.0749. The van der Waals surface area contributed by atoms with Crippen LogP contribution >= 0.6 is 28.4 Å². The Bertz CT molecular complexity index is 375. The first-order chi connectivity index (χ1) is 9.30. The summed E-state index contributed by atoms with van der Waals surface area (Å²) in [4.78, 5) is 10.9. The van der Waals surface area contributed by atoms with Crippen molar-refractivity contribution in [2.75, 3.05) is 27.9 Å². The van der Waals surface area contributed by atoms with Crippen molar-refractivity contribution in [2.45, 2.75) is 19.9 Å². The Morgan fingerprint density at radius 1 is 1.45 bits per heavy atom. The number of nitrogens with one attached hydrogen (secondary N) is 2. The van der Waals surface area contributed by atoms with E-state index in [1.165, 1.54) is 32.2 Å². The highest BCUT2D eigenvalue weighted by atomic mass is 33.1. The summed E-state index contributed by atoms with van der Waals surface area (Å²) in [6, 6.07) is 0.0749. The van der Waals surface area contributed by atoms with Gasteiger partial charge in [-0.3, -0.25) is 5.41 Å². The molecule has 0 aliphatic rings. The van der Waals surface area contributed by atoms with Crippen LogP contribution in [-0.2, 0) is 25.6 Å². The topological polar surface area (TPSA) is 83.9 Å². The molecule has 20 heavy (non-hydrogen) atoms. The Morgan fingerprint density at radius 3 is 2.40 bits per heavy atom. The molecule has 11 heteroatoms. The molecule has 0 aliphatic carbocycles. The van der Waals surface area contributed by atoms with Gasteiger partial charge in [0.2, 0.25) is 0 Å². The SMILES string of the molecule is CNC(=O)OCC(=N)SSN(C(C)C)P(=S)(OC)OC. The second-order valence-electron chi connectivity index (χ2n) is 3.64. The van der Waals surface area contributed by atoms with Crippen LogP contribution in [-0.4, -0.2) is 49.1 Å². The number of hydrogen-bond donors (Lipinski definition) is 2. The number of alkyl carbamates (subject to hydrolysis) is 1. The lowest BCUT2D eigenvalue weighted by Gasteiger charge is -2.32. The van der Waals surface area contributed by atoms with Crippen molar-refractivity contribution in [3.05, 3.63) is 0 Å². The molecule has 7 nitrogen and oxygen atoms in total. The second kappa shape index (κ2) is 9.99. The van der Waals surface area contributed by atoms with Crippen molar-refractivity contribution in [1.82, 2.24) is 9.39 Å². The van der Waals surface area contributed by atoms with Gasteiger partial charge in [-0.05, 0) is 36.4 Å². The van der Waals surface area contributed by atoms with Crippen LogP contribution in [0, 0.1) is 5.41 Å². The molecule has 0 aromatic rings. The Balaban J connectivity index is 4.46. The maximum absolute atomic E-state index is 10.9. The molecule has 0 spiro atoms. The summed E-state index contributed by atoms with van der Waals surface area (Å²) >= 11 is 5.37. The Kier molecular flexibility index (Phi) is 10.1. The van der Waals surface area contributed by atoms with Gasteiger partial charge in [-0.1, -0.05) is 0 Å². The first kappa shape index (κ1) is 20.2. The molecule has 0 aliphatic heterocycles. The van der Waals surface area contributed by atoms with Crippen LogP contribution in [0.3, 0.4) is 0 Å². The molecule has 1 amide bonds. The summed E-state index contributed by atoms with van der Waals surface area (Å²) in [6.07, 6.45) is -0.569. The van der Waals surface area contributed by atoms with Crippen LogP contribution in [0.15, 0.2) is 0 Å². The highest BCUT2D eigenvalue weighted by molar-refractivity contribution is 8.82. The fraction of sp³-hybridized carbons (Fsp3) is 0.778. The van der Waals surface area contributed by atoms with E-state index >= 15 is 0 Å². The van der Waals surface area contributed by atoms with Crippen molar-refractivity contribution in [2.24, 2.45) is 0 Å². The number of amides is 1. The lowest BCUT2D eigenvalue weighted by molar-refractivity contribution is 0.164. The minimum atomic E-state index is -2.56. The summed E-state index contributed by atoms with van der Waals surface area (Å²) in [6.45, 7) is 1.26. The zero-order valence-electron chi connectivity index (χ0n) is 12.0. The average molecular weight is 361 g/mol. The van der Waals surface area contributed by atoms with Crippen molar-refractivity contribution in [3.63, 3.8) is 0 Å². The monoisotopic (exact) mass is 361 g/mol. The van der Waals surface area contributed by atoms with Gasteiger partial charge in [-0.15, -0.1) is 0 Å². The van der Waals surface area contributed by atoms with Gasteiger partial charge in [0.15, 0.2) is 0 Å². The second-order valence-corrected chi connectivity index (χ2v) is 9.54. The van der Waals surface area contributed by atoms with E-state index in [0.717, 1.165) is 10.8 Å². The third-order valence-corrected chi connectivity index (χ3v) is 9.00. The molecule has 0 saturated heterocycles. The van der Waals surface area contributed by atoms with E-state index in [0.29, 0.717) is 0 Å². The molecule has 0 unspecified atom stereocenters. The maximum Gasteiger partial charge on any atom is 0.407 e. The molecule has 2 N–H and O–H groups in total. The minimum Gasteiger partial charge on any atom is -0.442 e. The van der Waals surface area contributed by atoms with Gasteiger partial charge in [-0.25, -0.2) is 4.79 Å². The fourth-order valence-electron chi connectivity index (χ4n) is 0.956. The summed E-state index contributed by atoms with van der Waals surface area (Å²) in [5, 5.41) is 10.2. The van der Waals surface area contributed by atoms with E-state index in [1.54, 1.807) is 4.08 Å². The van der Waals surface area contributed by atoms with Crippen LogP contribution in [0.1, 0.15) is 13.8 Å². The Hall–Kier alpha value is 0.170. The number of hydrogen-bond acceptors (Lipinski definition) is 8. The van der Waals surface area contributed by atoms with Crippen molar-refractivity contribution in [1.29, 1.82) is 5.41 Å². The zero-order chi connectivity index (χ0) is 15.8. The molecule has 0 radical (unpaired) electrons. The number of carbonyl (C=O) groups excluding carboxylic acids is 1. The third kappa shape index (κ3) is 6.75. The van der Waals surface area contributed by atoms with Crippen LogP contribution < -0.4 is 5.32 Å². The van der Waals surface area contributed by atoms with E-state index in [9.17, 15) is 4.79 Å². The van der Waals surface area contributed by atoms with Crippen LogP contribution in [0.25, 0.3) is 0 Å². The predicted molar refractivity (Wildman–Crippen MR) is 88.6 cm³/mol. The molecule has 0 aromatic heterocycles. The highest BCUT2D eigenvalue weighted by Gasteiger charge is 2.30. The number of ether oxygens (including phenoxy) is 1. The van der Waals surface area contributed by atoms with Gasteiger partial charge in [0, 0.05) is 38.3 Å². The fourth-order valence-corrected chi connectivity index (χ4v) is 6.66. The smallest absolute Gasteiger partial charge is 0.407 e. The van der Waals surface area contributed by atoms with Crippen molar-refractivity contribution >= 4 is 51.4 Å². The third-order valence-electron chi connectivity index (χ3n) is 1.90. The summed E-state index contributed by atoms with van der Waals surface area (Å²) < 4.78 is 17.2. The predicted octanol–water partition coefficient (Wildman–Crippen LogP) is 2.84. The molecule has 0 heterocycles. The Labute approximate surface area is 132 Å². The number of nitrogens with zero attached hydrogens (tertiary/aromatic N) is 1. The van der Waals surface area contributed by atoms with Crippen LogP contribution in [0.4, 0.5) is 4.79 Å². The van der Waals surface area contributed by atoms with Crippen molar-refractivity contribution in [3.8, 4) is 0 Å². The molecule has 0 aromatic carbocycles. The van der Waals surface area contributed by atoms with Gasteiger partial charge in [0.1, 0.15) is 11.7 Å². The van der Waals surface area contributed by atoms with Crippen LogP contribution in [0.5, 0.6) is 0 Å². The van der Waals surface area contributed by atoms with Gasteiger partial charge >= 0.3 is 6.09 Å². The standard InChI is InChI=1S/C9H20N3O4PS3/c1-7(2)12(17(18,14-4)15-5)20-19-8(10)6-16-9(13)11-3/h7,10H,6H2,1-5H3,(H,11,13). The lowest BCUT2D eigenvalue weighted by atomic mass is 10.4. The number of carbonyl (C=O) groups is 1. The summed E-state index contributed by atoms with van der Waals surface area (Å²) in [5.41, 5.74) is 0. The van der Waals surface area contributed by atoms with E-state index in [4.69, 9.17) is 31.0 Å². The first-order valence-corrected chi connectivity index (χ1v) is 10.3. The quantitative estimate of drug-likeness (QED) is 0.224. The average Bonchev–Trinajstić information content (AvgIpc) is 2.43. The summed E-state index contributed by atoms with van der Waals surface area (Å²) in [5.74, 6) is 0.